The summed E-state index contributed by atoms with van der Waals surface area (Å²) in [5, 5.41) is 2.71. The number of para-hydroxylation sites is 1. The first-order valence-electron chi connectivity index (χ1n) is 8.44. The molecule has 0 unspecified atom stereocenters. The second-order valence-electron chi connectivity index (χ2n) is 5.85. The van der Waals surface area contributed by atoms with Crippen LogP contribution in [0.15, 0.2) is 30.5 Å². The van der Waals surface area contributed by atoms with Crippen LogP contribution in [0.4, 0.5) is 8.78 Å². The van der Waals surface area contributed by atoms with E-state index >= 15 is 0 Å². The number of hydrogen-bond donors (Lipinski definition) is 1. The molecule has 0 radical (unpaired) electrons. The van der Waals surface area contributed by atoms with E-state index in [2.05, 4.69) is 15.0 Å². The Morgan fingerprint density at radius 2 is 1.96 bits per heavy atom. The standard InChI is InChI=1S/C20H22F2N2O4/c1-12-10-23-15(13(2)18(12)27-4)11-24-17(25)9-8-14-6-5-7-16(26-3)19(14)28-20(21)22/h5-10,20H,11H2,1-4H3,(H,24,25)/b9-8+. The molecule has 1 N–H and O–H groups in total. The molecule has 0 fully saturated rings. The third-order valence-electron chi connectivity index (χ3n) is 4.03. The molecule has 1 aromatic heterocycles. The van der Waals surface area contributed by atoms with Crippen LogP contribution in [0.5, 0.6) is 17.2 Å². The number of methoxy groups -OCH3 is 2. The lowest BCUT2D eigenvalue weighted by Gasteiger charge is -2.13. The van der Waals surface area contributed by atoms with E-state index < -0.39 is 12.5 Å². The number of alkyl halides is 2. The van der Waals surface area contributed by atoms with Crippen LogP contribution < -0.4 is 19.5 Å². The zero-order chi connectivity index (χ0) is 20.7. The van der Waals surface area contributed by atoms with Gasteiger partial charge in [-0.25, -0.2) is 0 Å². The van der Waals surface area contributed by atoms with Gasteiger partial charge in [0, 0.05) is 29.0 Å². The number of amides is 1. The SMILES string of the molecule is COc1cccc(/C=C/C(=O)NCc2ncc(C)c(OC)c2C)c1OC(F)F. The minimum atomic E-state index is -3.01. The summed E-state index contributed by atoms with van der Waals surface area (Å²) in [5.74, 6) is 0.325. The van der Waals surface area contributed by atoms with Gasteiger partial charge in [0.15, 0.2) is 11.5 Å². The van der Waals surface area contributed by atoms with Gasteiger partial charge in [-0.2, -0.15) is 8.78 Å². The molecule has 1 amide bonds. The second kappa shape index (κ2) is 9.68. The molecule has 0 spiro atoms. The van der Waals surface area contributed by atoms with Crippen LogP contribution in [-0.4, -0.2) is 31.7 Å². The number of carbonyl (C=O) groups is 1. The predicted octanol–water partition coefficient (Wildman–Crippen LogP) is 3.65. The summed E-state index contributed by atoms with van der Waals surface area (Å²) < 4.78 is 40.2. The minimum absolute atomic E-state index is 0.134. The van der Waals surface area contributed by atoms with Gasteiger partial charge in [-0.05, 0) is 26.0 Å². The molecule has 1 aromatic carbocycles. The molecular weight excluding hydrogens is 370 g/mol. The van der Waals surface area contributed by atoms with Crippen molar-refractivity contribution in [2.75, 3.05) is 14.2 Å². The third kappa shape index (κ3) is 5.18. The fourth-order valence-electron chi connectivity index (χ4n) is 2.68. The maximum Gasteiger partial charge on any atom is 0.387 e. The first kappa shape index (κ1) is 21.1. The van der Waals surface area contributed by atoms with Gasteiger partial charge in [0.05, 0.1) is 26.5 Å². The Kier molecular flexibility index (Phi) is 7.31. The van der Waals surface area contributed by atoms with Crippen LogP contribution in [0.3, 0.4) is 0 Å². The molecule has 0 saturated heterocycles. The molecule has 0 bridgehead atoms. The zero-order valence-electron chi connectivity index (χ0n) is 16.1. The van der Waals surface area contributed by atoms with Gasteiger partial charge >= 0.3 is 6.61 Å². The number of carbonyl (C=O) groups excluding carboxylic acids is 1. The summed E-state index contributed by atoms with van der Waals surface area (Å²) in [4.78, 5) is 16.4. The number of aromatic nitrogens is 1. The highest BCUT2D eigenvalue weighted by Crippen LogP contribution is 2.33. The van der Waals surface area contributed by atoms with Crippen LogP contribution >= 0.6 is 0 Å². The Morgan fingerprint density at radius 3 is 2.61 bits per heavy atom. The minimum Gasteiger partial charge on any atom is -0.496 e. The Morgan fingerprint density at radius 1 is 1.21 bits per heavy atom. The lowest BCUT2D eigenvalue weighted by atomic mass is 10.1. The number of aryl methyl sites for hydroxylation is 1. The van der Waals surface area contributed by atoms with Crippen molar-refractivity contribution in [2.24, 2.45) is 0 Å². The maximum absolute atomic E-state index is 12.7. The smallest absolute Gasteiger partial charge is 0.387 e. The van der Waals surface area contributed by atoms with E-state index in [1.165, 1.54) is 25.3 Å². The van der Waals surface area contributed by atoms with Crippen molar-refractivity contribution in [3.63, 3.8) is 0 Å². The van der Waals surface area contributed by atoms with Gasteiger partial charge in [-0.15, -0.1) is 0 Å². The number of hydrogen-bond acceptors (Lipinski definition) is 5. The number of halogens is 2. The van der Waals surface area contributed by atoms with Gasteiger partial charge in [-0.3, -0.25) is 9.78 Å². The molecule has 0 saturated carbocycles. The Bertz CT molecular complexity index is 870. The molecule has 6 nitrogen and oxygen atoms in total. The van der Waals surface area contributed by atoms with Crippen molar-refractivity contribution in [2.45, 2.75) is 27.0 Å². The summed E-state index contributed by atoms with van der Waals surface area (Å²) in [6, 6.07) is 4.65. The molecule has 2 aromatic rings. The predicted molar refractivity (Wildman–Crippen MR) is 101 cm³/mol. The molecule has 1 heterocycles. The van der Waals surface area contributed by atoms with Gasteiger partial charge in [-0.1, -0.05) is 12.1 Å². The highest BCUT2D eigenvalue weighted by atomic mass is 19.3. The Hall–Kier alpha value is -3.16. The summed E-state index contributed by atoms with van der Waals surface area (Å²) >= 11 is 0. The number of nitrogens with one attached hydrogen (secondary N) is 1. The van der Waals surface area contributed by atoms with E-state index in [1.54, 1.807) is 25.4 Å². The summed E-state index contributed by atoms with van der Waals surface area (Å²) in [6.45, 7) is 0.935. The zero-order valence-corrected chi connectivity index (χ0v) is 16.1. The van der Waals surface area contributed by atoms with Crippen LogP contribution in [0, 0.1) is 13.8 Å². The number of benzene rings is 1. The van der Waals surface area contributed by atoms with Crippen molar-refractivity contribution in [3.8, 4) is 17.2 Å². The lowest BCUT2D eigenvalue weighted by Crippen LogP contribution is -2.21. The molecule has 150 valence electrons. The molecule has 2 rings (SSSR count). The Balaban J connectivity index is 2.11. The van der Waals surface area contributed by atoms with Gasteiger partial charge in [0.1, 0.15) is 5.75 Å². The summed E-state index contributed by atoms with van der Waals surface area (Å²) in [5.41, 5.74) is 2.71. The van der Waals surface area contributed by atoms with E-state index in [0.29, 0.717) is 11.3 Å². The topological polar surface area (TPSA) is 69.7 Å². The molecule has 8 heteroatoms. The number of rotatable bonds is 8. The maximum atomic E-state index is 12.7. The van der Waals surface area contributed by atoms with Crippen molar-refractivity contribution >= 4 is 12.0 Å². The van der Waals surface area contributed by atoms with E-state index in [1.807, 2.05) is 13.8 Å². The first-order chi connectivity index (χ1) is 13.4. The molecule has 28 heavy (non-hydrogen) atoms. The normalized spacial score (nSPS) is 11.0. The number of ether oxygens (including phenoxy) is 3. The van der Waals surface area contributed by atoms with E-state index in [-0.39, 0.29) is 18.0 Å². The molecule has 0 aliphatic carbocycles. The quantitative estimate of drug-likeness (QED) is 0.695. The molecule has 0 atom stereocenters. The van der Waals surface area contributed by atoms with Crippen molar-refractivity contribution < 1.29 is 27.8 Å². The van der Waals surface area contributed by atoms with Gasteiger partial charge < -0.3 is 19.5 Å². The second-order valence-corrected chi connectivity index (χ2v) is 5.85. The van der Waals surface area contributed by atoms with Crippen molar-refractivity contribution in [3.05, 3.63) is 52.9 Å². The van der Waals surface area contributed by atoms with Crippen LogP contribution in [0.25, 0.3) is 6.08 Å². The van der Waals surface area contributed by atoms with Crippen LogP contribution in [0.1, 0.15) is 22.4 Å². The average Bonchev–Trinajstić information content (AvgIpc) is 2.66. The van der Waals surface area contributed by atoms with Crippen LogP contribution in [-0.2, 0) is 11.3 Å². The Labute approximate surface area is 162 Å². The highest BCUT2D eigenvalue weighted by Gasteiger charge is 2.14. The molecule has 0 aliphatic rings. The lowest BCUT2D eigenvalue weighted by molar-refractivity contribution is -0.116. The third-order valence-corrected chi connectivity index (χ3v) is 4.03. The molecular formula is C20H22F2N2O4. The highest BCUT2D eigenvalue weighted by molar-refractivity contribution is 5.92. The summed E-state index contributed by atoms with van der Waals surface area (Å²) in [7, 11) is 2.92. The van der Waals surface area contributed by atoms with E-state index in [0.717, 1.165) is 16.9 Å². The number of pyridine rings is 1. The molecule has 0 aliphatic heterocycles. The fourth-order valence-corrected chi connectivity index (χ4v) is 2.68. The van der Waals surface area contributed by atoms with Gasteiger partial charge in [0.25, 0.3) is 0 Å². The van der Waals surface area contributed by atoms with Crippen molar-refractivity contribution in [1.82, 2.24) is 10.3 Å². The number of nitrogens with zero attached hydrogens (tertiary/aromatic N) is 1. The fraction of sp³-hybridized carbons (Fsp3) is 0.300. The van der Waals surface area contributed by atoms with Gasteiger partial charge in [0.2, 0.25) is 5.91 Å². The monoisotopic (exact) mass is 392 g/mol. The summed E-state index contributed by atoms with van der Waals surface area (Å²) in [6.07, 6.45) is 4.28. The average molecular weight is 392 g/mol. The largest absolute Gasteiger partial charge is 0.496 e. The van der Waals surface area contributed by atoms with Crippen molar-refractivity contribution in [1.29, 1.82) is 0 Å². The van der Waals surface area contributed by atoms with E-state index in [9.17, 15) is 13.6 Å². The first-order valence-corrected chi connectivity index (χ1v) is 8.44. The van der Waals surface area contributed by atoms with Crippen LogP contribution in [0.2, 0.25) is 0 Å². The van der Waals surface area contributed by atoms with E-state index in [4.69, 9.17) is 9.47 Å².